The number of hydrogen-bond acceptors (Lipinski definition) is 7. The van der Waals surface area contributed by atoms with Crippen LogP contribution in [0, 0.1) is 0 Å². The highest BCUT2D eigenvalue weighted by Crippen LogP contribution is 2.37. The van der Waals surface area contributed by atoms with Crippen LogP contribution in [0.1, 0.15) is 13.8 Å². The summed E-state index contributed by atoms with van der Waals surface area (Å²) in [5.74, 6) is -0.502. The summed E-state index contributed by atoms with van der Waals surface area (Å²) in [5.41, 5.74) is 0. The van der Waals surface area contributed by atoms with Crippen molar-refractivity contribution in [1.82, 2.24) is 9.80 Å². The van der Waals surface area contributed by atoms with Crippen LogP contribution in [0.3, 0.4) is 0 Å². The molecule has 23 heavy (non-hydrogen) atoms. The Morgan fingerprint density at radius 1 is 1.04 bits per heavy atom. The van der Waals surface area contributed by atoms with Gasteiger partial charge in [0.05, 0.1) is 13.3 Å². The maximum Gasteiger partial charge on any atom is 0.280 e. The molecule has 0 aromatic rings. The Balaban J connectivity index is 1.58. The predicted molar refractivity (Wildman–Crippen MR) is 74.8 cm³/mol. The van der Waals surface area contributed by atoms with Crippen molar-refractivity contribution >= 4 is 11.8 Å². The second kappa shape index (κ2) is 6.33. The van der Waals surface area contributed by atoms with E-state index in [1.54, 1.807) is 21.0 Å². The SMILES string of the molecule is CC(=O)N(C)CN(C)C(=O)C1OC2OC3COC(C)OC3C2O1. The summed E-state index contributed by atoms with van der Waals surface area (Å²) >= 11 is 0. The number of hydrogen-bond donors (Lipinski definition) is 0. The zero-order valence-electron chi connectivity index (χ0n) is 13.6. The molecule has 130 valence electrons. The minimum atomic E-state index is -1.06. The standard InChI is InChI=1S/C14H22N2O7/c1-7(17)15(3)6-16(4)12(18)14-22-11-10-9(21-13(11)23-14)5-19-8(2)20-10/h8-11,13-14H,5-6H2,1-4H3. The molecule has 3 saturated heterocycles. The summed E-state index contributed by atoms with van der Waals surface area (Å²) in [6.07, 6.45) is -3.07. The molecule has 0 aromatic heterocycles. The first-order chi connectivity index (χ1) is 10.9. The second-order valence-corrected chi connectivity index (χ2v) is 6.01. The molecule has 0 aliphatic carbocycles. The molecule has 3 aliphatic rings. The van der Waals surface area contributed by atoms with E-state index in [0.29, 0.717) is 6.61 Å². The largest absolute Gasteiger partial charge is 0.350 e. The molecule has 6 atom stereocenters. The summed E-state index contributed by atoms with van der Waals surface area (Å²) in [5, 5.41) is 0. The average Bonchev–Trinajstić information content (AvgIpc) is 3.04. The smallest absolute Gasteiger partial charge is 0.280 e. The van der Waals surface area contributed by atoms with E-state index in [1.165, 1.54) is 16.7 Å². The van der Waals surface area contributed by atoms with Crippen molar-refractivity contribution in [3.63, 3.8) is 0 Å². The van der Waals surface area contributed by atoms with E-state index < -0.39 is 18.7 Å². The molecule has 9 heteroatoms. The van der Waals surface area contributed by atoms with Gasteiger partial charge >= 0.3 is 0 Å². The van der Waals surface area contributed by atoms with Crippen molar-refractivity contribution in [2.75, 3.05) is 27.4 Å². The fourth-order valence-corrected chi connectivity index (χ4v) is 2.82. The number of carbonyl (C=O) groups is 2. The van der Waals surface area contributed by atoms with Crippen molar-refractivity contribution in [3.05, 3.63) is 0 Å². The van der Waals surface area contributed by atoms with Gasteiger partial charge < -0.3 is 33.5 Å². The summed E-state index contributed by atoms with van der Waals surface area (Å²) in [4.78, 5) is 26.4. The molecule has 0 saturated carbocycles. The Bertz CT molecular complexity index is 488. The number of likely N-dealkylation sites (N-methyl/N-ethyl adjacent to an activating group) is 1. The molecule has 3 aliphatic heterocycles. The maximum absolute atomic E-state index is 12.4. The Kier molecular flexibility index (Phi) is 4.56. The Labute approximate surface area is 134 Å². The summed E-state index contributed by atoms with van der Waals surface area (Å²) in [6, 6.07) is 0. The summed E-state index contributed by atoms with van der Waals surface area (Å²) in [6.45, 7) is 3.80. The van der Waals surface area contributed by atoms with Gasteiger partial charge in [0, 0.05) is 21.0 Å². The molecular formula is C14H22N2O7. The van der Waals surface area contributed by atoms with Gasteiger partial charge in [0.1, 0.15) is 18.3 Å². The lowest BCUT2D eigenvalue weighted by Crippen LogP contribution is -2.47. The van der Waals surface area contributed by atoms with Crippen molar-refractivity contribution in [2.45, 2.75) is 51.0 Å². The van der Waals surface area contributed by atoms with Gasteiger partial charge in [-0.3, -0.25) is 9.59 Å². The summed E-state index contributed by atoms with van der Waals surface area (Å²) in [7, 11) is 3.20. The quantitative estimate of drug-likeness (QED) is 0.620. The van der Waals surface area contributed by atoms with Crippen LogP contribution >= 0.6 is 0 Å². The average molecular weight is 330 g/mol. The molecule has 9 nitrogen and oxygen atoms in total. The molecular weight excluding hydrogens is 308 g/mol. The van der Waals surface area contributed by atoms with Gasteiger partial charge in [0.15, 0.2) is 12.6 Å². The van der Waals surface area contributed by atoms with Gasteiger partial charge in [-0.1, -0.05) is 0 Å². The topological polar surface area (TPSA) is 86.8 Å². The molecule has 0 bridgehead atoms. The van der Waals surface area contributed by atoms with E-state index in [0.717, 1.165) is 0 Å². The molecule has 3 rings (SSSR count). The first-order valence-electron chi connectivity index (χ1n) is 7.57. The van der Waals surface area contributed by atoms with Gasteiger partial charge in [-0.25, -0.2) is 0 Å². The monoisotopic (exact) mass is 330 g/mol. The molecule has 2 amide bonds. The Morgan fingerprint density at radius 2 is 1.78 bits per heavy atom. The Hall–Kier alpha value is -1.26. The van der Waals surface area contributed by atoms with Crippen molar-refractivity contribution < 1.29 is 33.3 Å². The number of carbonyl (C=O) groups excluding carboxylic acids is 2. The number of fused-ring (bicyclic) bond motifs is 3. The number of rotatable bonds is 3. The highest BCUT2D eigenvalue weighted by atomic mass is 16.8. The number of ether oxygens (including phenoxy) is 5. The molecule has 6 unspecified atom stereocenters. The van der Waals surface area contributed by atoms with Crippen molar-refractivity contribution in [3.8, 4) is 0 Å². The van der Waals surface area contributed by atoms with Crippen LogP contribution in [-0.2, 0) is 33.3 Å². The Morgan fingerprint density at radius 3 is 2.48 bits per heavy atom. The summed E-state index contributed by atoms with van der Waals surface area (Å²) < 4.78 is 28.0. The van der Waals surface area contributed by atoms with E-state index in [9.17, 15) is 9.59 Å². The van der Waals surface area contributed by atoms with E-state index >= 15 is 0 Å². The van der Waals surface area contributed by atoms with Crippen LogP contribution in [-0.4, -0.2) is 86.2 Å². The molecule has 3 heterocycles. The lowest BCUT2D eigenvalue weighted by molar-refractivity contribution is -0.262. The van der Waals surface area contributed by atoms with Gasteiger partial charge in [-0.15, -0.1) is 0 Å². The zero-order chi connectivity index (χ0) is 16.7. The molecule has 3 fully saturated rings. The first-order valence-corrected chi connectivity index (χ1v) is 7.57. The third-order valence-electron chi connectivity index (χ3n) is 4.19. The molecule has 0 radical (unpaired) electrons. The van der Waals surface area contributed by atoms with Crippen molar-refractivity contribution in [2.24, 2.45) is 0 Å². The fourth-order valence-electron chi connectivity index (χ4n) is 2.82. The van der Waals surface area contributed by atoms with Crippen LogP contribution < -0.4 is 0 Å². The number of nitrogens with zero attached hydrogens (tertiary/aromatic N) is 2. The molecule has 0 spiro atoms. The van der Waals surface area contributed by atoms with E-state index in [4.69, 9.17) is 23.7 Å². The highest BCUT2D eigenvalue weighted by Gasteiger charge is 2.56. The van der Waals surface area contributed by atoms with Crippen LogP contribution in [0.15, 0.2) is 0 Å². The number of amides is 2. The minimum absolute atomic E-state index is 0.134. The van der Waals surface area contributed by atoms with Gasteiger partial charge in [0.25, 0.3) is 5.91 Å². The first kappa shape index (κ1) is 16.6. The fraction of sp³-hybridized carbons (Fsp3) is 0.857. The van der Waals surface area contributed by atoms with Crippen LogP contribution in [0.5, 0.6) is 0 Å². The second-order valence-electron chi connectivity index (χ2n) is 6.01. The maximum atomic E-state index is 12.4. The van der Waals surface area contributed by atoms with Crippen LogP contribution in [0.4, 0.5) is 0 Å². The molecule has 0 aromatic carbocycles. The lowest BCUT2D eigenvalue weighted by Gasteiger charge is -2.32. The van der Waals surface area contributed by atoms with E-state index in [1.807, 2.05) is 0 Å². The van der Waals surface area contributed by atoms with Crippen molar-refractivity contribution in [1.29, 1.82) is 0 Å². The highest BCUT2D eigenvalue weighted by molar-refractivity contribution is 5.80. The van der Waals surface area contributed by atoms with E-state index in [-0.39, 0.29) is 37.0 Å². The molecule has 0 N–H and O–H groups in total. The third-order valence-corrected chi connectivity index (χ3v) is 4.19. The third kappa shape index (κ3) is 3.20. The van der Waals surface area contributed by atoms with E-state index in [2.05, 4.69) is 0 Å². The van der Waals surface area contributed by atoms with Crippen LogP contribution in [0.25, 0.3) is 0 Å². The predicted octanol–water partition coefficient (Wildman–Crippen LogP) is -0.892. The van der Waals surface area contributed by atoms with Crippen LogP contribution in [0.2, 0.25) is 0 Å². The minimum Gasteiger partial charge on any atom is -0.350 e. The van der Waals surface area contributed by atoms with Gasteiger partial charge in [-0.2, -0.15) is 0 Å². The zero-order valence-corrected chi connectivity index (χ0v) is 13.6. The van der Waals surface area contributed by atoms with Gasteiger partial charge in [-0.05, 0) is 6.92 Å². The lowest BCUT2D eigenvalue weighted by atomic mass is 10.1. The van der Waals surface area contributed by atoms with Gasteiger partial charge in [0.2, 0.25) is 12.2 Å². The normalized spacial score (nSPS) is 38.8.